The molecule has 0 heterocycles. The van der Waals surface area contributed by atoms with Crippen LogP contribution in [0, 0.1) is 0 Å². The van der Waals surface area contributed by atoms with E-state index in [9.17, 15) is 13.2 Å². The van der Waals surface area contributed by atoms with Gasteiger partial charge in [0.05, 0.1) is 4.90 Å². The summed E-state index contributed by atoms with van der Waals surface area (Å²) in [6, 6.07) is 5.95. The molecule has 0 N–H and O–H groups in total. The third kappa shape index (κ3) is 3.54. The predicted octanol–water partition coefficient (Wildman–Crippen LogP) is 0.905. The minimum absolute atomic E-state index is 0.0141. The number of rotatable bonds is 5. The van der Waals surface area contributed by atoms with Crippen LogP contribution >= 0.6 is 0 Å². The van der Waals surface area contributed by atoms with Gasteiger partial charge in [0.1, 0.15) is 12.4 Å². The lowest BCUT2D eigenvalue weighted by Gasteiger charge is -2.11. The maximum Gasteiger partial charge on any atom is 0.242 e. The second-order valence-electron chi connectivity index (χ2n) is 3.75. The van der Waals surface area contributed by atoms with Crippen molar-refractivity contribution in [2.24, 2.45) is 0 Å². The van der Waals surface area contributed by atoms with Crippen molar-refractivity contribution < 1.29 is 17.9 Å². The van der Waals surface area contributed by atoms with Gasteiger partial charge in [-0.3, -0.25) is 4.79 Å². The molecule has 0 bridgehead atoms. The van der Waals surface area contributed by atoms with E-state index < -0.39 is 10.0 Å². The Kier molecular flexibility index (Phi) is 4.25. The maximum atomic E-state index is 11.7. The standard InChI is InChI=1S/C11H15NO4S/c1-9(13)8-16-10-4-6-11(7-5-10)17(14,15)12(2)3/h4-7H,8H2,1-3H3. The summed E-state index contributed by atoms with van der Waals surface area (Å²) in [5, 5.41) is 0. The van der Waals surface area contributed by atoms with Crippen molar-refractivity contribution in [3.8, 4) is 5.75 Å². The van der Waals surface area contributed by atoms with E-state index in [-0.39, 0.29) is 17.3 Å². The van der Waals surface area contributed by atoms with Gasteiger partial charge >= 0.3 is 0 Å². The minimum atomic E-state index is -3.41. The van der Waals surface area contributed by atoms with Crippen molar-refractivity contribution in [1.29, 1.82) is 0 Å². The number of carbonyl (C=O) groups excluding carboxylic acids is 1. The highest BCUT2D eigenvalue weighted by molar-refractivity contribution is 7.89. The number of sulfonamides is 1. The van der Waals surface area contributed by atoms with Crippen LogP contribution in [0.25, 0.3) is 0 Å². The molecule has 0 fully saturated rings. The SMILES string of the molecule is CC(=O)COc1ccc(S(=O)(=O)N(C)C)cc1. The molecule has 0 aromatic heterocycles. The summed E-state index contributed by atoms with van der Waals surface area (Å²) in [6.07, 6.45) is 0. The monoisotopic (exact) mass is 257 g/mol. The van der Waals surface area contributed by atoms with Crippen LogP contribution in [0.2, 0.25) is 0 Å². The number of Topliss-reactive ketones (excluding diaryl/α,β-unsaturated/α-hetero) is 1. The van der Waals surface area contributed by atoms with E-state index in [0.717, 1.165) is 4.31 Å². The zero-order valence-corrected chi connectivity index (χ0v) is 10.8. The summed E-state index contributed by atoms with van der Waals surface area (Å²) in [7, 11) is -0.479. The van der Waals surface area contributed by atoms with E-state index in [0.29, 0.717) is 5.75 Å². The van der Waals surface area contributed by atoms with E-state index in [1.807, 2.05) is 0 Å². The van der Waals surface area contributed by atoms with Gasteiger partial charge in [-0.05, 0) is 31.2 Å². The highest BCUT2D eigenvalue weighted by Crippen LogP contribution is 2.17. The molecule has 0 saturated carbocycles. The molecule has 0 atom stereocenters. The van der Waals surface area contributed by atoms with Crippen LogP contribution in [-0.2, 0) is 14.8 Å². The topological polar surface area (TPSA) is 63.7 Å². The number of hydrogen-bond donors (Lipinski definition) is 0. The van der Waals surface area contributed by atoms with Gasteiger partial charge in [0.2, 0.25) is 10.0 Å². The molecule has 0 amide bonds. The fourth-order valence-corrected chi connectivity index (χ4v) is 2.01. The Balaban J connectivity index is 2.85. The summed E-state index contributed by atoms with van der Waals surface area (Å²) in [6.45, 7) is 1.41. The maximum absolute atomic E-state index is 11.7. The zero-order chi connectivity index (χ0) is 13.1. The molecule has 5 nitrogen and oxygen atoms in total. The van der Waals surface area contributed by atoms with Crippen molar-refractivity contribution in [1.82, 2.24) is 4.31 Å². The van der Waals surface area contributed by atoms with Crippen LogP contribution in [0.4, 0.5) is 0 Å². The molecule has 94 valence electrons. The smallest absolute Gasteiger partial charge is 0.242 e. The molecule has 0 saturated heterocycles. The summed E-state index contributed by atoms with van der Waals surface area (Å²) in [5.41, 5.74) is 0. The Morgan fingerprint density at radius 2 is 1.76 bits per heavy atom. The normalized spacial score (nSPS) is 11.5. The largest absolute Gasteiger partial charge is 0.486 e. The zero-order valence-electron chi connectivity index (χ0n) is 10.0. The highest BCUT2D eigenvalue weighted by Gasteiger charge is 2.16. The Hall–Kier alpha value is -1.40. The second kappa shape index (κ2) is 5.29. The van der Waals surface area contributed by atoms with Crippen molar-refractivity contribution in [2.45, 2.75) is 11.8 Å². The molecule has 1 rings (SSSR count). The Morgan fingerprint density at radius 1 is 1.24 bits per heavy atom. The minimum Gasteiger partial charge on any atom is -0.486 e. The van der Waals surface area contributed by atoms with Gasteiger partial charge in [-0.15, -0.1) is 0 Å². The summed E-state index contributed by atoms with van der Waals surface area (Å²) < 4.78 is 29.8. The Morgan fingerprint density at radius 3 is 2.18 bits per heavy atom. The third-order valence-electron chi connectivity index (χ3n) is 2.04. The number of benzene rings is 1. The van der Waals surface area contributed by atoms with Gasteiger partial charge < -0.3 is 4.74 Å². The van der Waals surface area contributed by atoms with Gasteiger partial charge in [0.15, 0.2) is 5.78 Å². The third-order valence-corrected chi connectivity index (χ3v) is 3.87. The molecule has 1 aromatic carbocycles. The van der Waals surface area contributed by atoms with Gasteiger partial charge in [-0.1, -0.05) is 0 Å². The molecule has 1 aromatic rings. The van der Waals surface area contributed by atoms with Gasteiger partial charge in [0, 0.05) is 14.1 Å². The molecule has 0 spiro atoms. The average molecular weight is 257 g/mol. The van der Waals surface area contributed by atoms with Crippen molar-refractivity contribution >= 4 is 15.8 Å². The summed E-state index contributed by atoms with van der Waals surface area (Å²) >= 11 is 0. The molecule has 0 aliphatic carbocycles. The lowest BCUT2D eigenvalue weighted by Crippen LogP contribution is -2.22. The van der Waals surface area contributed by atoms with Crippen LogP contribution in [0.15, 0.2) is 29.2 Å². The molecule has 0 unspecified atom stereocenters. The number of ether oxygens (including phenoxy) is 1. The van der Waals surface area contributed by atoms with Crippen molar-refractivity contribution in [3.63, 3.8) is 0 Å². The molecule has 0 radical (unpaired) electrons. The molecule has 0 aliphatic rings. The van der Waals surface area contributed by atoms with Crippen molar-refractivity contribution in [2.75, 3.05) is 20.7 Å². The second-order valence-corrected chi connectivity index (χ2v) is 5.90. The first kappa shape index (κ1) is 13.7. The van der Waals surface area contributed by atoms with Crippen LogP contribution in [0.3, 0.4) is 0 Å². The van der Waals surface area contributed by atoms with E-state index >= 15 is 0 Å². The van der Waals surface area contributed by atoms with Gasteiger partial charge in [0.25, 0.3) is 0 Å². The summed E-state index contributed by atoms with van der Waals surface area (Å²) in [4.78, 5) is 10.9. The molecule has 0 aliphatic heterocycles. The first-order valence-corrected chi connectivity index (χ1v) is 6.43. The van der Waals surface area contributed by atoms with Crippen LogP contribution in [-0.4, -0.2) is 39.2 Å². The van der Waals surface area contributed by atoms with Crippen LogP contribution < -0.4 is 4.74 Å². The van der Waals surface area contributed by atoms with Gasteiger partial charge in [-0.2, -0.15) is 0 Å². The lowest BCUT2D eigenvalue weighted by atomic mass is 10.3. The fraction of sp³-hybridized carbons (Fsp3) is 0.364. The number of ketones is 1. The predicted molar refractivity (Wildman–Crippen MR) is 63.5 cm³/mol. The summed E-state index contributed by atoms with van der Waals surface area (Å²) in [5.74, 6) is 0.382. The molecular weight excluding hydrogens is 242 g/mol. The Labute approximate surface area is 101 Å². The van der Waals surface area contributed by atoms with E-state index in [1.165, 1.54) is 45.3 Å². The van der Waals surface area contributed by atoms with Gasteiger partial charge in [-0.25, -0.2) is 12.7 Å². The Bertz CT molecular complexity index is 491. The lowest BCUT2D eigenvalue weighted by molar-refractivity contribution is -0.118. The fourth-order valence-electron chi connectivity index (χ4n) is 1.10. The van der Waals surface area contributed by atoms with Crippen LogP contribution in [0.1, 0.15) is 6.92 Å². The van der Waals surface area contributed by atoms with E-state index in [1.54, 1.807) is 0 Å². The molecular formula is C11H15NO4S. The molecule has 6 heteroatoms. The average Bonchev–Trinajstić information content (AvgIpc) is 2.26. The first-order valence-electron chi connectivity index (χ1n) is 4.99. The number of carbonyl (C=O) groups is 1. The van der Waals surface area contributed by atoms with E-state index in [4.69, 9.17) is 4.74 Å². The number of hydrogen-bond acceptors (Lipinski definition) is 4. The van der Waals surface area contributed by atoms with E-state index in [2.05, 4.69) is 0 Å². The number of nitrogens with zero attached hydrogens (tertiary/aromatic N) is 1. The molecule has 17 heavy (non-hydrogen) atoms. The van der Waals surface area contributed by atoms with Crippen LogP contribution in [0.5, 0.6) is 5.75 Å². The quantitative estimate of drug-likeness (QED) is 0.786. The first-order chi connectivity index (χ1) is 7.84. The highest BCUT2D eigenvalue weighted by atomic mass is 32.2. The van der Waals surface area contributed by atoms with Crippen molar-refractivity contribution in [3.05, 3.63) is 24.3 Å².